The number of fused-ring (bicyclic) bond motifs is 2. The van der Waals surface area contributed by atoms with Gasteiger partial charge in [-0.25, -0.2) is 13.8 Å². The van der Waals surface area contributed by atoms with Crippen LogP contribution in [0.25, 0.3) is 22.3 Å². The van der Waals surface area contributed by atoms with E-state index in [9.17, 15) is 13.9 Å². The Balaban J connectivity index is 1.18. The summed E-state index contributed by atoms with van der Waals surface area (Å²) in [7, 11) is 1.74. The molecule has 0 amide bonds. The maximum absolute atomic E-state index is 14.8. The molecule has 4 atom stereocenters. The third-order valence-electron chi connectivity index (χ3n) is 6.51. The van der Waals surface area contributed by atoms with Gasteiger partial charge < -0.3 is 24.3 Å². The molecule has 12 heteroatoms. The highest BCUT2D eigenvalue weighted by atomic mass is 35.5. The summed E-state index contributed by atoms with van der Waals surface area (Å²) in [6.07, 6.45) is 1.62. The Labute approximate surface area is 209 Å². The van der Waals surface area contributed by atoms with Crippen molar-refractivity contribution >= 4 is 22.8 Å². The Morgan fingerprint density at radius 2 is 1.89 bits per heavy atom. The minimum Gasteiger partial charge on any atom is -0.456 e. The molecule has 1 aromatic carbocycles. The number of H-pyrrole nitrogens is 1. The lowest BCUT2D eigenvalue weighted by Gasteiger charge is -2.15. The molecule has 3 aromatic heterocycles. The van der Waals surface area contributed by atoms with Crippen molar-refractivity contribution in [3.63, 3.8) is 0 Å². The Morgan fingerprint density at radius 1 is 1.11 bits per heavy atom. The van der Waals surface area contributed by atoms with Gasteiger partial charge in [0, 0.05) is 24.4 Å². The molecule has 2 aliphatic rings. The number of hydrogen-bond donors (Lipinski definition) is 2. The molecule has 0 aliphatic carbocycles. The average molecular weight is 518 g/mol. The van der Waals surface area contributed by atoms with Gasteiger partial charge >= 0.3 is 0 Å². The van der Waals surface area contributed by atoms with Gasteiger partial charge in [0.05, 0.1) is 35.6 Å². The summed E-state index contributed by atoms with van der Waals surface area (Å²) in [5.74, 6) is -1.28. The number of nitrogens with zero attached hydrogens (tertiary/aromatic N) is 4. The van der Waals surface area contributed by atoms with Gasteiger partial charge in [0.15, 0.2) is 11.8 Å². The number of halogens is 3. The number of hydrogen-bond acceptors (Lipinski definition) is 7. The summed E-state index contributed by atoms with van der Waals surface area (Å²) in [5, 5.41) is 14.3. The maximum atomic E-state index is 14.8. The number of aliphatic hydroxyl groups is 1. The number of rotatable bonds is 6. The molecule has 0 unspecified atom stereocenters. The highest BCUT2D eigenvalue weighted by molar-refractivity contribution is 6.31. The van der Waals surface area contributed by atoms with Gasteiger partial charge in [-0.2, -0.15) is 10.1 Å². The van der Waals surface area contributed by atoms with Crippen molar-refractivity contribution in [2.75, 3.05) is 13.2 Å². The van der Waals surface area contributed by atoms with E-state index in [1.165, 1.54) is 12.1 Å². The molecule has 4 aromatic rings. The normalized spacial score (nSPS) is 23.5. The van der Waals surface area contributed by atoms with E-state index in [0.717, 1.165) is 0 Å². The zero-order valence-corrected chi connectivity index (χ0v) is 19.9. The third kappa shape index (κ3) is 4.21. The van der Waals surface area contributed by atoms with Crippen molar-refractivity contribution < 1.29 is 28.1 Å². The number of aromatic amines is 1. The van der Waals surface area contributed by atoms with E-state index in [-0.39, 0.29) is 43.7 Å². The quantitative estimate of drug-likeness (QED) is 0.405. The lowest BCUT2D eigenvalue weighted by atomic mass is 10.0. The number of aryl methyl sites for hydroxylation is 2. The van der Waals surface area contributed by atoms with Crippen molar-refractivity contribution in [3.8, 4) is 17.1 Å². The zero-order chi connectivity index (χ0) is 25.0. The van der Waals surface area contributed by atoms with Crippen molar-refractivity contribution in [2.45, 2.75) is 37.3 Å². The van der Waals surface area contributed by atoms with Crippen LogP contribution in [0.2, 0.25) is 5.02 Å². The van der Waals surface area contributed by atoms with Gasteiger partial charge in [-0.3, -0.25) is 4.68 Å². The van der Waals surface area contributed by atoms with E-state index in [0.29, 0.717) is 33.0 Å². The molecule has 0 radical (unpaired) electrons. The van der Waals surface area contributed by atoms with E-state index in [2.05, 4.69) is 20.1 Å². The first kappa shape index (κ1) is 23.3. The van der Waals surface area contributed by atoms with E-state index < -0.39 is 29.9 Å². The van der Waals surface area contributed by atoms with Gasteiger partial charge in [-0.15, -0.1) is 0 Å². The summed E-state index contributed by atoms with van der Waals surface area (Å²) in [4.78, 5) is 11.9. The Hall–Kier alpha value is -3.12. The molecule has 0 saturated carbocycles. The summed E-state index contributed by atoms with van der Waals surface area (Å²) in [5.41, 5.74) is 2.38. The lowest BCUT2D eigenvalue weighted by Crippen LogP contribution is -2.34. The topological polar surface area (TPSA) is 107 Å². The summed E-state index contributed by atoms with van der Waals surface area (Å²) < 4.78 is 48.2. The van der Waals surface area contributed by atoms with Crippen LogP contribution in [-0.4, -0.2) is 67.5 Å². The second kappa shape index (κ2) is 9.07. The molecule has 2 fully saturated rings. The fourth-order valence-corrected chi connectivity index (χ4v) is 4.92. The van der Waals surface area contributed by atoms with Gasteiger partial charge in [0.25, 0.3) is 6.01 Å². The molecule has 5 heterocycles. The number of aromatic nitrogens is 5. The molecule has 9 nitrogen and oxygen atoms in total. The highest BCUT2D eigenvalue weighted by Crippen LogP contribution is 2.31. The number of benzene rings is 1. The number of pyridine rings is 1. The van der Waals surface area contributed by atoms with Crippen molar-refractivity contribution in [2.24, 2.45) is 7.05 Å². The minimum atomic E-state index is -0.677. The summed E-state index contributed by atoms with van der Waals surface area (Å²) in [6, 6.07) is 4.47. The molecule has 2 saturated heterocycles. The predicted octanol–water partition coefficient (Wildman–Crippen LogP) is 2.98. The second-order valence-electron chi connectivity index (χ2n) is 8.97. The third-order valence-corrected chi connectivity index (χ3v) is 6.84. The first-order valence-corrected chi connectivity index (χ1v) is 11.8. The van der Waals surface area contributed by atoms with Crippen molar-refractivity contribution in [3.05, 3.63) is 58.5 Å². The van der Waals surface area contributed by atoms with E-state index >= 15 is 0 Å². The zero-order valence-electron chi connectivity index (χ0n) is 19.1. The number of imidazole rings is 1. The van der Waals surface area contributed by atoms with Crippen molar-refractivity contribution in [1.82, 2.24) is 24.7 Å². The standard InChI is InChI=1S/C24H22ClF2N5O4/c1-32-8-12(7-28-32)11-4-15(26)13(16(27)5-11)2-3-17-14(25)6-18-23(29-17)31-24(30-18)36-20-10-35-21-19(33)9-34-22(20)21/h4-8,19-22,33H,2-3,9-10H2,1H3,(H,29,30,31)/t19-,20-,21-,22-/m1/s1. The molecule has 0 bridgehead atoms. The predicted molar refractivity (Wildman–Crippen MR) is 125 cm³/mol. The molecule has 6 rings (SSSR count). The Kier molecular flexibility index (Phi) is 5.87. The molecular weight excluding hydrogens is 496 g/mol. The van der Waals surface area contributed by atoms with E-state index in [4.69, 9.17) is 25.8 Å². The molecular formula is C24H22ClF2N5O4. The first-order valence-electron chi connectivity index (χ1n) is 11.5. The van der Waals surface area contributed by atoms with Gasteiger partial charge in [-0.1, -0.05) is 11.6 Å². The van der Waals surface area contributed by atoms with Gasteiger partial charge in [0.1, 0.15) is 29.9 Å². The second-order valence-corrected chi connectivity index (χ2v) is 9.38. The highest BCUT2D eigenvalue weighted by Gasteiger charge is 2.48. The van der Waals surface area contributed by atoms with Crippen LogP contribution in [0, 0.1) is 11.6 Å². The summed E-state index contributed by atoms with van der Waals surface area (Å²) in [6.45, 7) is 0.461. The largest absolute Gasteiger partial charge is 0.456 e. The van der Waals surface area contributed by atoms with Crippen LogP contribution >= 0.6 is 11.6 Å². The van der Waals surface area contributed by atoms with E-state index in [1.807, 2.05) is 0 Å². The average Bonchev–Trinajstić information content (AvgIpc) is 3.60. The molecule has 188 valence electrons. The lowest BCUT2D eigenvalue weighted by molar-refractivity contribution is 0.00706. The Morgan fingerprint density at radius 3 is 2.64 bits per heavy atom. The SMILES string of the molecule is Cn1cc(-c2cc(F)c(CCc3nc4nc(O[C@@H]5CO[C@H]6[C@@H]5OC[C@H]6O)[nH]c4cc3Cl)c(F)c2)cn1. The number of nitrogens with one attached hydrogen (secondary N) is 1. The smallest absolute Gasteiger partial charge is 0.296 e. The van der Waals surface area contributed by atoms with Crippen LogP contribution < -0.4 is 4.74 Å². The molecule has 36 heavy (non-hydrogen) atoms. The monoisotopic (exact) mass is 517 g/mol. The number of ether oxygens (including phenoxy) is 3. The van der Waals surface area contributed by atoms with Crippen LogP contribution in [0.5, 0.6) is 6.01 Å². The van der Waals surface area contributed by atoms with Crippen molar-refractivity contribution in [1.29, 1.82) is 0 Å². The maximum Gasteiger partial charge on any atom is 0.296 e. The Bertz CT molecular complexity index is 1420. The minimum absolute atomic E-state index is 0.0406. The molecule has 0 spiro atoms. The molecule has 2 aliphatic heterocycles. The fraction of sp³-hybridized carbons (Fsp3) is 0.375. The van der Waals surface area contributed by atoms with Gasteiger partial charge in [-0.05, 0) is 36.6 Å². The number of aliphatic hydroxyl groups excluding tert-OH is 1. The summed E-state index contributed by atoms with van der Waals surface area (Å²) >= 11 is 6.41. The van der Waals surface area contributed by atoms with Crippen LogP contribution in [0.1, 0.15) is 11.3 Å². The van der Waals surface area contributed by atoms with Crippen LogP contribution in [0.3, 0.4) is 0 Å². The van der Waals surface area contributed by atoms with E-state index in [1.54, 1.807) is 30.2 Å². The fourth-order valence-electron chi connectivity index (χ4n) is 4.67. The van der Waals surface area contributed by atoms with Crippen LogP contribution in [-0.2, 0) is 29.4 Å². The molecule has 2 N–H and O–H groups in total. The van der Waals surface area contributed by atoms with Crippen LogP contribution in [0.15, 0.2) is 30.6 Å². The first-order chi connectivity index (χ1) is 17.4. The van der Waals surface area contributed by atoms with Crippen LogP contribution in [0.4, 0.5) is 8.78 Å². The van der Waals surface area contributed by atoms with Gasteiger partial charge in [0.2, 0.25) is 0 Å².